The van der Waals surface area contributed by atoms with Crippen molar-refractivity contribution in [2.24, 2.45) is 0 Å². The van der Waals surface area contributed by atoms with Gasteiger partial charge in [0, 0.05) is 28.0 Å². The van der Waals surface area contributed by atoms with Crippen LogP contribution in [-0.2, 0) is 0 Å². The molecule has 2 aromatic heterocycles. The summed E-state index contributed by atoms with van der Waals surface area (Å²) in [5.74, 6) is -1.59. The highest BCUT2D eigenvalue weighted by atomic mass is 79.9. The first-order chi connectivity index (χ1) is 13.8. The van der Waals surface area contributed by atoms with Crippen LogP contribution in [0, 0.1) is 18.6 Å². The number of halogens is 4. The number of aromatic nitrogens is 2. The van der Waals surface area contributed by atoms with E-state index in [4.69, 9.17) is 16.0 Å². The van der Waals surface area contributed by atoms with Crippen molar-refractivity contribution in [3.8, 4) is 11.5 Å². The zero-order valence-electron chi connectivity index (χ0n) is 14.8. The van der Waals surface area contributed by atoms with Gasteiger partial charge in [0.2, 0.25) is 5.89 Å². The summed E-state index contributed by atoms with van der Waals surface area (Å²) < 4.78 is 33.9. The predicted octanol–water partition coefficient (Wildman–Crippen LogP) is 6.14. The van der Waals surface area contributed by atoms with Gasteiger partial charge in [0.15, 0.2) is 11.2 Å². The molecule has 0 radical (unpaired) electrons. The molecule has 29 heavy (non-hydrogen) atoms. The molecule has 0 spiro atoms. The summed E-state index contributed by atoms with van der Waals surface area (Å²) >= 11 is 9.24. The maximum Gasteiger partial charge on any atom is 0.257 e. The van der Waals surface area contributed by atoms with Gasteiger partial charge in [0.25, 0.3) is 5.91 Å². The number of fused-ring (bicyclic) bond motifs is 1. The maximum atomic E-state index is 14.3. The van der Waals surface area contributed by atoms with Gasteiger partial charge in [-0.15, -0.1) is 0 Å². The van der Waals surface area contributed by atoms with E-state index >= 15 is 0 Å². The summed E-state index contributed by atoms with van der Waals surface area (Å²) in [7, 11) is 0. The molecule has 1 amide bonds. The number of pyridine rings is 1. The van der Waals surface area contributed by atoms with Gasteiger partial charge in [-0.25, -0.2) is 13.8 Å². The molecule has 0 saturated carbocycles. The van der Waals surface area contributed by atoms with Crippen molar-refractivity contribution in [3.05, 3.63) is 74.9 Å². The van der Waals surface area contributed by atoms with Crippen molar-refractivity contribution in [1.29, 1.82) is 0 Å². The lowest BCUT2D eigenvalue weighted by atomic mass is 10.1. The van der Waals surface area contributed by atoms with E-state index in [0.29, 0.717) is 26.8 Å². The normalized spacial score (nSPS) is 11.1. The molecule has 1 N–H and O–H groups in total. The summed E-state index contributed by atoms with van der Waals surface area (Å²) in [5, 5.41) is 2.55. The van der Waals surface area contributed by atoms with Crippen LogP contribution in [0.15, 0.2) is 51.5 Å². The molecule has 4 rings (SSSR count). The Morgan fingerprint density at radius 3 is 2.72 bits per heavy atom. The first kappa shape index (κ1) is 19.5. The molecule has 2 heterocycles. The van der Waals surface area contributed by atoms with Crippen molar-refractivity contribution in [2.75, 3.05) is 5.32 Å². The van der Waals surface area contributed by atoms with Gasteiger partial charge >= 0.3 is 0 Å². The number of nitrogens with one attached hydrogen (secondary N) is 1. The number of hydrogen-bond donors (Lipinski definition) is 1. The third-order valence-corrected chi connectivity index (χ3v) is 4.99. The largest absolute Gasteiger partial charge is 0.434 e. The second-order valence-electron chi connectivity index (χ2n) is 6.20. The van der Waals surface area contributed by atoms with Gasteiger partial charge in [0.1, 0.15) is 11.6 Å². The number of rotatable bonds is 3. The number of nitrogens with zero attached hydrogens (tertiary/aromatic N) is 2. The first-order valence-electron chi connectivity index (χ1n) is 8.31. The SMILES string of the molecule is Cc1c(NC(=O)c2ccc(F)cc2Cl)cc(F)cc1-c1nc2ncc(Br)cc2o1. The number of anilines is 1. The number of carbonyl (C=O) groups excluding carboxylic acids is 1. The van der Waals surface area contributed by atoms with Gasteiger partial charge in [-0.2, -0.15) is 4.98 Å². The number of oxazole rings is 1. The van der Waals surface area contributed by atoms with E-state index in [9.17, 15) is 13.6 Å². The zero-order chi connectivity index (χ0) is 20.7. The molecular weight excluding hydrogens is 468 g/mol. The molecule has 0 atom stereocenters. The van der Waals surface area contributed by atoms with Crippen molar-refractivity contribution in [1.82, 2.24) is 9.97 Å². The predicted molar refractivity (Wildman–Crippen MR) is 109 cm³/mol. The van der Waals surface area contributed by atoms with Gasteiger partial charge in [-0.1, -0.05) is 11.6 Å². The van der Waals surface area contributed by atoms with Gasteiger partial charge < -0.3 is 9.73 Å². The average Bonchev–Trinajstić information content (AvgIpc) is 3.07. The summed E-state index contributed by atoms with van der Waals surface area (Å²) in [6.45, 7) is 1.69. The van der Waals surface area contributed by atoms with Crippen LogP contribution < -0.4 is 5.32 Å². The zero-order valence-corrected chi connectivity index (χ0v) is 17.1. The molecule has 0 unspecified atom stereocenters. The molecule has 5 nitrogen and oxygen atoms in total. The number of benzene rings is 2. The smallest absolute Gasteiger partial charge is 0.257 e. The van der Waals surface area contributed by atoms with Gasteiger partial charge in [-0.05, 0) is 58.7 Å². The Hall–Kier alpha value is -2.84. The van der Waals surface area contributed by atoms with Crippen molar-refractivity contribution in [3.63, 3.8) is 0 Å². The fraction of sp³-hybridized carbons (Fsp3) is 0.0500. The highest BCUT2D eigenvalue weighted by Gasteiger charge is 2.18. The lowest BCUT2D eigenvalue weighted by Crippen LogP contribution is -2.14. The summed E-state index contributed by atoms with van der Waals surface area (Å²) in [5.41, 5.74) is 1.97. The lowest BCUT2D eigenvalue weighted by molar-refractivity contribution is 0.102. The molecule has 0 aliphatic rings. The highest BCUT2D eigenvalue weighted by molar-refractivity contribution is 9.10. The van der Waals surface area contributed by atoms with Crippen LogP contribution in [0.5, 0.6) is 0 Å². The molecule has 0 aliphatic carbocycles. The van der Waals surface area contributed by atoms with Crippen molar-refractivity contribution in [2.45, 2.75) is 6.92 Å². The Morgan fingerprint density at radius 2 is 1.97 bits per heavy atom. The molecular formula is C20H11BrClF2N3O2. The van der Waals surface area contributed by atoms with Crippen molar-refractivity contribution < 1.29 is 18.0 Å². The molecule has 9 heteroatoms. The molecule has 146 valence electrons. The van der Waals surface area contributed by atoms with E-state index in [0.717, 1.165) is 12.1 Å². The molecule has 0 aliphatic heterocycles. The lowest BCUT2D eigenvalue weighted by Gasteiger charge is -2.12. The fourth-order valence-electron chi connectivity index (χ4n) is 2.81. The van der Waals surface area contributed by atoms with Gasteiger partial charge in [0.05, 0.1) is 10.6 Å². The maximum absolute atomic E-state index is 14.3. The molecule has 2 aromatic carbocycles. The van der Waals surface area contributed by atoms with Crippen LogP contribution in [-0.4, -0.2) is 15.9 Å². The van der Waals surface area contributed by atoms with E-state index in [-0.39, 0.29) is 22.2 Å². The average molecular weight is 479 g/mol. The van der Waals surface area contributed by atoms with Crippen molar-refractivity contribution >= 4 is 50.4 Å². The third-order valence-electron chi connectivity index (χ3n) is 4.24. The number of carbonyl (C=O) groups is 1. The summed E-state index contributed by atoms with van der Waals surface area (Å²) in [6, 6.07) is 7.54. The van der Waals surface area contributed by atoms with Crippen LogP contribution in [0.3, 0.4) is 0 Å². The number of hydrogen-bond acceptors (Lipinski definition) is 4. The first-order valence-corrected chi connectivity index (χ1v) is 9.48. The Labute approximate surface area is 176 Å². The van der Waals surface area contributed by atoms with Crippen LogP contribution in [0.25, 0.3) is 22.7 Å². The standard InChI is InChI=1S/C20H11BrClF2N3O2/c1-9-14(20-27-18-17(29-20)4-10(21)8-25-18)5-12(24)7-16(9)26-19(28)13-3-2-11(23)6-15(13)22/h2-8H,1H3,(H,26,28). The fourth-order valence-corrected chi connectivity index (χ4v) is 3.37. The summed E-state index contributed by atoms with van der Waals surface area (Å²) in [4.78, 5) is 21.0. The van der Waals surface area contributed by atoms with Crippen LogP contribution in [0.4, 0.5) is 14.5 Å². The van der Waals surface area contributed by atoms with Crippen LogP contribution in [0.1, 0.15) is 15.9 Å². The quantitative estimate of drug-likeness (QED) is 0.384. The Kier molecular flexibility index (Phi) is 5.06. The second kappa shape index (κ2) is 7.53. The van der Waals surface area contributed by atoms with E-state index in [1.165, 1.54) is 18.2 Å². The third kappa shape index (κ3) is 3.86. The second-order valence-corrected chi connectivity index (χ2v) is 7.52. The highest BCUT2D eigenvalue weighted by Crippen LogP contribution is 2.32. The van der Waals surface area contributed by atoms with E-state index < -0.39 is 17.5 Å². The van der Waals surface area contributed by atoms with E-state index in [1.807, 2.05) is 0 Å². The topological polar surface area (TPSA) is 68.0 Å². The Balaban J connectivity index is 1.73. The van der Waals surface area contributed by atoms with Crippen LogP contribution in [0.2, 0.25) is 5.02 Å². The molecule has 0 saturated heterocycles. The monoisotopic (exact) mass is 477 g/mol. The Bertz CT molecular complexity index is 1280. The minimum atomic E-state index is -0.599. The number of amides is 1. The van der Waals surface area contributed by atoms with Crippen LogP contribution >= 0.6 is 27.5 Å². The molecule has 0 fully saturated rings. The van der Waals surface area contributed by atoms with E-state index in [1.54, 1.807) is 19.2 Å². The Morgan fingerprint density at radius 1 is 1.17 bits per heavy atom. The van der Waals surface area contributed by atoms with Gasteiger partial charge in [-0.3, -0.25) is 4.79 Å². The summed E-state index contributed by atoms with van der Waals surface area (Å²) in [6.07, 6.45) is 1.57. The molecule has 4 aromatic rings. The minimum absolute atomic E-state index is 0.0487. The molecule has 0 bridgehead atoms. The minimum Gasteiger partial charge on any atom is -0.434 e. The van der Waals surface area contributed by atoms with E-state index in [2.05, 4.69) is 31.2 Å².